The molecule has 0 amide bonds. The highest BCUT2D eigenvalue weighted by molar-refractivity contribution is 6.00. The summed E-state index contributed by atoms with van der Waals surface area (Å²) in [6, 6.07) is 29.1. The molecule has 0 aromatic heterocycles. The van der Waals surface area contributed by atoms with Crippen molar-refractivity contribution in [1.29, 1.82) is 0 Å². The Morgan fingerprint density at radius 1 is 0.759 bits per heavy atom. The Kier molecular flexibility index (Phi) is 5.92. The van der Waals surface area contributed by atoms with Crippen LogP contribution in [0.5, 0.6) is 5.75 Å². The Bertz CT molecular complexity index is 909. The van der Waals surface area contributed by atoms with Gasteiger partial charge in [-0.1, -0.05) is 72.8 Å². The van der Waals surface area contributed by atoms with Crippen LogP contribution in [0.2, 0.25) is 0 Å². The molecule has 1 N–H and O–H groups in total. The van der Waals surface area contributed by atoms with Crippen molar-refractivity contribution in [3.8, 4) is 5.75 Å². The topological polar surface area (TPSA) is 39.1 Å². The highest BCUT2D eigenvalue weighted by Crippen LogP contribution is 2.29. The van der Waals surface area contributed by atoms with Gasteiger partial charge in [-0.25, -0.2) is 0 Å². The van der Waals surface area contributed by atoms with Crippen LogP contribution >= 0.6 is 0 Å². The van der Waals surface area contributed by atoms with E-state index in [2.05, 4.69) is 70.6 Å². The fourth-order valence-electron chi connectivity index (χ4n) is 4.00. The number of piperazine rings is 1. The van der Waals surface area contributed by atoms with E-state index in [1.54, 1.807) is 6.07 Å². The van der Waals surface area contributed by atoms with E-state index < -0.39 is 0 Å². The highest BCUT2D eigenvalue weighted by atomic mass is 16.3. The van der Waals surface area contributed by atoms with Gasteiger partial charge in [-0.2, -0.15) is 5.10 Å². The minimum absolute atomic E-state index is 0.253. The lowest BCUT2D eigenvalue weighted by molar-refractivity contribution is 0.112. The van der Waals surface area contributed by atoms with Crippen molar-refractivity contribution in [3.63, 3.8) is 0 Å². The molecule has 0 bridgehead atoms. The lowest BCUT2D eigenvalue weighted by atomic mass is 9.96. The molecule has 0 aliphatic carbocycles. The van der Waals surface area contributed by atoms with Gasteiger partial charge in [0.25, 0.3) is 0 Å². The van der Waals surface area contributed by atoms with E-state index >= 15 is 0 Å². The molecule has 0 atom stereocenters. The zero-order valence-corrected chi connectivity index (χ0v) is 16.8. The van der Waals surface area contributed by atoms with Gasteiger partial charge >= 0.3 is 0 Å². The van der Waals surface area contributed by atoms with E-state index in [1.165, 1.54) is 11.1 Å². The molecule has 0 radical (unpaired) electrons. The van der Waals surface area contributed by atoms with Crippen LogP contribution in [-0.2, 0) is 0 Å². The summed E-state index contributed by atoms with van der Waals surface area (Å²) < 4.78 is 0. The molecule has 0 unspecified atom stereocenters. The van der Waals surface area contributed by atoms with Crippen LogP contribution in [0.15, 0.2) is 90.0 Å². The van der Waals surface area contributed by atoms with Crippen molar-refractivity contribution in [3.05, 3.63) is 102 Å². The van der Waals surface area contributed by atoms with Gasteiger partial charge in [0.1, 0.15) is 5.75 Å². The standard InChI is InChI=1S/C25H27N3O/c1-20(23-14-8-9-15-24(23)29)26-28-18-16-27(17-19-28)25(21-10-4-2-5-11-21)22-12-6-3-7-13-22/h2-15,25,29H,16-19H2,1H3. The van der Waals surface area contributed by atoms with Crippen LogP contribution in [0.4, 0.5) is 0 Å². The Balaban J connectivity index is 1.50. The molecule has 1 fully saturated rings. The average Bonchev–Trinajstić information content (AvgIpc) is 2.77. The molecular weight excluding hydrogens is 358 g/mol. The molecule has 0 saturated carbocycles. The summed E-state index contributed by atoms with van der Waals surface area (Å²) >= 11 is 0. The summed E-state index contributed by atoms with van der Waals surface area (Å²) in [5, 5.41) is 17.0. The van der Waals surface area contributed by atoms with E-state index in [4.69, 9.17) is 5.10 Å². The van der Waals surface area contributed by atoms with Crippen LogP contribution < -0.4 is 0 Å². The summed E-state index contributed by atoms with van der Waals surface area (Å²) in [5.41, 5.74) is 4.28. The van der Waals surface area contributed by atoms with Crippen molar-refractivity contribution in [2.45, 2.75) is 13.0 Å². The van der Waals surface area contributed by atoms with Gasteiger partial charge in [0.2, 0.25) is 0 Å². The minimum atomic E-state index is 0.253. The van der Waals surface area contributed by atoms with E-state index in [1.807, 2.05) is 25.1 Å². The largest absolute Gasteiger partial charge is 0.507 e. The quantitative estimate of drug-likeness (QED) is 0.656. The van der Waals surface area contributed by atoms with E-state index in [0.717, 1.165) is 37.5 Å². The fraction of sp³-hybridized carbons (Fsp3) is 0.240. The molecule has 4 rings (SSSR count). The minimum Gasteiger partial charge on any atom is -0.507 e. The number of benzene rings is 3. The maximum Gasteiger partial charge on any atom is 0.124 e. The van der Waals surface area contributed by atoms with Crippen molar-refractivity contribution in [1.82, 2.24) is 9.91 Å². The zero-order chi connectivity index (χ0) is 20.1. The number of rotatable bonds is 5. The third-order valence-corrected chi connectivity index (χ3v) is 5.47. The summed E-state index contributed by atoms with van der Waals surface area (Å²) in [5.74, 6) is 0.278. The van der Waals surface area contributed by atoms with E-state index in [0.29, 0.717) is 0 Å². The molecule has 29 heavy (non-hydrogen) atoms. The number of phenolic OH excluding ortho intramolecular Hbond substituents is 1. The second-order valence-electron chi connectivity index (χ2n) is 7.42. The van der Waals surface area contributed by atoms with Gasteiger partial charge in [0.05, 0.1) is 11.8 Å². The lowest BCUT2D eigenvalue weighted by Gasteiger charge is -2.39. The third-order valence-electron chi connectivity index (χ3n) is 5.47. The molecule has 1 saturated heterocycles. The Morgan fingerprint density at radius 3 is 1.83 bits per heavy atom. The molecule has 1 aliphatic rings. The lowest BCUT2D eigenvalue weighted by Crippen LogP contribution is -2.46. The summed E-state index contributed by atoms with van der Waals surface area (Å²) in [7, 11) is 0. The predicted molar refractivity (Wildman–Crippen MR) is 118 cm³/mol. The van der Waals surface area contributed by atoms with Crippen LogP contribution in [0.3, 0.4) is 0 Å². The van der Waals surface area contributed by atoms with Crippen LogP contribution in [0.1, 0.15) is 29.7 Å². The molecular formula is C25H27N3O. The molecule has 1 heterocycles. The number of para-hydroxylation sites is 1. The highest BCUT2D eigenvalue weighted by Gasteiger charge is 2.26. The Labute approximate surface area is 172 Å². The van der Waals surface area contributed by atoms with Crippen LogP contribution in [0.25, 0.3) is 0 Å². The SMILES string of the molecule is CC(=NN1CCN(C(c2ccccc2)c2ccccc2)CC1)c1ccccc1O. The van der Waals surface area contributed by atoms with Crippen molar-refractivity contribution in [2.24, 2.45) is 5.10 Å². The fourth-order valence-corrected chi connectivity index (χ4v) is 4.00. The second-order valence-corrected chi connectivity index (χ2v) is 7.42. The Morgan fingerprint density at radius 2 is 1.28 bits per heavy atom. The van der Waals surface area contributed by atoms with Crippen molar-refractivity contribution in [2.75, 3.05) is 26.2 Å². The molecule has 148 valence electrons. The van der Waals surface area contributed by atoms with Crippen molar-refractivity contribution >= 4 is 5.71 Å². The van der Waals surface area contributed by atoms with Crippen molar-refractivity contribution < 1.29 is 5.11 Å². The maximum absolute atomic E-state index is 10.1. The number of nitrogens with zero attached hydrogens (tertiary/aromatic N) is 3. The number of hydrogen-bond acceptors (Lipinski definition) is 4. The van der Waals surface area contributed by atoms with Gasteiger partial charge < -0.3 is 5.11 Å². The maximum atomic E-state index is 10.1. The molecule has 3 aromatic carbocycles. The van der Waals surface area contributed by atoms with E-state index in [9.17, 15) is 5.11 Å². The van der Waals surface area contributed by atoms with Gasteiger partial charge in [-0.05, 0) is 30.2 Å². The zero-order valence-electron chi connectivity index (χ0n) is 16.8. The molecule has 3 aromatic rings. The van der Waals surface area contributed by atoms with Gasteiger partial charge in [0, 0.05) is 31.7 Å². The first-order chi connectivity index (χ1) is 14.2. The van der Waals surface area contributed by atoms with Gasteiger partial charge in [0.15, 0.2) is 0 Å². The predicted octanol–water partition coefficient (Wildman–Crippen LogP) is 4.52. The van der Waals surface area contributed by atoms with Gasteiger partial charge in [-0.15, -0.1) is 0 Å². The Hall–Kier alpha value is -3.11. The van der Waals surface area contributed by atoms with Crippen LogP contribution in [-0.4, -0.2) is 46.9 Å². The third kappa shape index (κ3) is 4.49. The first-order valence-corrected chi connectivity index (χ1v) is 10.1. The summed E-state index contributed by atoms with van der Waals surface area (Å²) in [4.78, 5) is 2.53. The average molecular weight is 386 g/mol. The first-order valence-electron chi connectivity index (χ1n) is 10.1. The molecule has 4 nitrogen and oxygen atoms in total. The first kappa shape index (κ1) is 19.2. The molecule has 0 spiro atoms. The number of hydrogen-bond donors (Lipinski definition) is 1. The monoisotopic (exact) mass is 385 g/mol. The molecule has 1 aliphatic heterocycles. The summed E-state index contributed by atoms with van der Waals surface area (Å²) in [6.45, 7) is 5.55. The smallest absolute Gasteiger partial charge is 0.124 e. The number of aromatic hydroxyl groups is 1. The van der Waals surface area contributed by atoms with Crippen LogP contribution in [0, 0.1) is 0 Å². The summed E-state index contributed by atoms with van der Waals surface area (Å²) in [6.07, 6.45) is 0. The van der Waals surface area contributed by atoms with E-state index in [-0.39, 0.29) is 11.8 Å². The number of hydrazone groups is 1. The van der Waals surface area contributed by atoms with Gasteiger partial charge in [-0.3, -0.25) is 9.91 Å². The second kappa shape index (κ2) is 8.93. The normalized spacial score (nSPS) is 15.7. The number of phenols is 1. The molecule has 4 heteroatoms.